The smallest absolute Gasteiger partial charge is 0.136 e. The van der Waals surface area contributed by atoms with E-state index in [0.717, 1.165) is 40.6 Å². The van der Waals surface area contributed by atoms with E-state index < -0.39 is 0 Å². The van der Waals surface area contributed by atoms with Gasteiger partial charge < -0.3 is 0 Å². The highest BCUT2D eigenvalue weighted by molar-refractivity contribution is 5.86. The fraction of sp³-hybridized carbons (Fsp3) is 0.519. The molecule has 0 radical (unpaired) electrons. The molecule has 0 saturated heterocycles. The minimum absolute atomic E-state index is 0.0222. The average molecular weight is 405 g/mol. The molecule has 1 atom stereocenters. The van der Waals surface area contributed by atoms with Crippen molar-refractivity contribution in [3.05, 3.63) is 60.0 Å². The first-order valence-electron chi connectivity index (χ1n) is 11.4. The number of aromatic nitrogens is 2. The van der Waals surface area contributed by atoms with E-state index in [0.29, 0.717) is 30.5 Å². The van der Waals surface area contributed by atoms with Crippen molar-refractivity contribution in [1.82, 2.24) is 10.2 Å². The summed E-state index contributed by atoms with van der Waals surface area (Å²) in [6.45, 7) is 14.5. The monoisotopic (exact) mass is 404 g/mol. The molecule has 1 heterocycles. The van der Waals surface area contributed by atoms with Crippen molar-refractivity contribution in [3.63, 3.8) is 0 Å². The van der Waals surface area contributed by atoms with Gasteiger partial charge in [-0.2, -0.15) is 10.2 Å². The fourth-order valence-electron chi connectivity index (χ4n) is 4.82. The van der Waals surface area contributed by atoms with Crippen LogP contribution < -0.4 is 0 Å². The van der Waals surface area contributed by atoms with Crippen molar-refractivity contribution >= 4 is 16.6 Å². The van der Waals surface area contributed by atoms with E-state index in [1.165, 1.54) is 31.3 Å². The summed E-state index contributed by atoms with van der Waals surface area (Å²) in [5.74, 6) is 1.79. The average Bonchev–Trinajstić information content (AvgIpc) is 2.74. The van der Waals surface area contributed by atoms with Gasteiger partial charge in [-0.05, 0) is 64.2 Å². The van der Waals surface area contributed by atoms with Gasteiger partial charge >= 0.3 is 0 Å². The van der Waals surface area contributed by atoms with Crippen LogP contribution in [0.5, 0.6) is 0 Å². The maximum atomic E-state index is 12.7. The normalized spacial score (nSPS) is 20.1. The molecule has 1 aliphatic carbocycles. The highest BCUT2D eigenvalue weighted by Crippen LogP contribution is 2.35. The summed E-state index contributed by atoms with van der Waals surface area (Å²) in [4.78, 5) is 12.7. The number of carbonyl (C=O) groups is 1. The minimum atomic E-state index is 0.0222. The third-order valence-corrected chi connectivity index (χ3v) is 6.85. The van der Waals surface area contributed by atoms with Crippen LogP contribution in [0.25, 0.3) is 10.8 Å². The zero-order valence-electron chi connectivity index (χ0n) is 18.9. The van der Waals surface area contributed by atoms with Gasteiger partial charge in [0.15, 0.2) is 0 Å². The molecule has 0 aliphatic heterocycles. The van der Waals surface area contributed by atoms with Crippen LogP contribution in [0.3, 0.4) is 0 Å². The topological polar surface area (TPSA) is 42.9 Å². The van der Waals surface area contributed by atoms with Gasteiger partial charge in [0, 0.05) is 29.5 Å². The largest absolute Gasteiger partial charge is 0.299 e. The minimum Gasteiger partial charge on any atom is -0.299 e. The number of ketones is 1. The number of Topliss-reactive ketones (excluding diaryl/α,β-unsaturated/α-hetero) is 1. The van der Waals surface area contributed by atoms with E-state index in [9.17, 15) is 4.79 Å². The number of hydrogen-bond donors (Lipinski definition) is 0. The predicted octanol–water partition coefficient (Wildman–Crippen LogP) is 6.79. The maximum Gasteiger partial charge on any atom is 0.136 e. The highest BCUT2D eigenvalue weighted by Gasteiger charge is 2.23. The van der Waals surface area contributed by atoms with Crippen LogP contribution in [0, 0.1) is 24.7 Å². The standard InChI is InChI=1S/C27H36N2O/c1-18(2)23-13-10-22(11-14-23)12-15-27(30)20(4)16-19(3)17-26-25-9-7-6-8-24(25)21(5)28-29-26/h6-9,20,22-23H,1,3,10-17H2,2,4-5H3. The van der Waals surface area contributed by atoms with Gasteiger partial charge in [-0.25, -0.2) is 0 Å². The van der Waals surface area contributed by atoms with Gasteiger partial charge in [0.2, 0.25) is 0 Å². The van der Waals surface area contributed by atoms with Crippen molar-refractivity contribution in [1.29, 1.82) is 0 Å². The summed E-state index contributed by atoms with van der Waals surface area (Å²) in [6, 6.07) is 8.24. The van der Waals surface area contributed by atoms with Crippen LogP contribution >= 0.6 is 0 Å². The van der Waals surface area contributed by atoms with Gasteiger partial charge in [0.05, 0.1) is 11.4 Å². The van der Waals surface area contributed by atoms with Crippen LogP contribution in [-0.2, 0) is 11.2 Å². The lowest BCUT2D eigenvalue weighted by Crippen LogP contribution is -2.18. The number of carbonyl (C=O) groups excluding carboxylic acids is 1. The summed E-state index contributed by atoms with van der Waals surface area (Å²) in [6.07, 6.45) is 8.10. The summed E-state index contributed by atoms with van der Waals surface area (Å²) in [5, 5.41) is 11.0. The molecule has 0 N–H and O–H groups in total. The lowest BCUT2D eigenvalue weighted by atomic mass is 9.77. The molecule has 1 aromatic heterocycles. The Morgan fingerprint density at radius 3 is 2.43 bits per heavy atom. The molecule has 2 aromatic rings. The van der Waals surface area contributed by atoms with E-state index in [2.05, 4.69) is 42.4 Å². The van der Waals surface area contributed by atoms with Crippen molar-refractivity contribution in [2.75, 3.05) is 0 Å². The summed E-state index contributed by atoms with van der Waals surface area (Å²) < 4.78 is 0. The zero-order chi connectivity index (χ0) is 21.7. The molecule has 3 rings (SSSR count). The van der Waals surface area contributed by atoms with Crippen LogP contribution in [-0.4, -0.2) is 16.0 Å². The predicted molar refractivity (Wildman–Crippen MR) is 125 cm³/mol. The maximum absolute atomic E-state index is 12.7. The number of nitrogens with zero attached hydrogens (tertiary/aromatic N) is 2. The second-order valence-electron chi connectivity index (χ2n) is 9.38. The Balaban J connectivity index is 1.48. The van der Waals surface area contributed by atoms with Gasteiger partial charge in [0.1, 0.15) is 5.78 Å². The molecule has 1 aliphatic rings. The molecule has 1 fully saturated rings. The van der Waals surface area contributed by atoms with Crippen LogP contribution in [0.15, 0.2) is 48.6 Å². The lowest BCUT2D eigenvalue weighted by Gasteiger charge is -2.28. The Bertz CT molecular complexity index is 922. The fourth-order valence-corrected chi connectivity index (χ4v) is 4.82. The Morgan fingerprint density at radius 1 is 1.10 bits per heavy atom. The number of aryl methyl sites for hydroxylation is 1. The van der Waals surface area contributed by atoms with Crippen LogP contribution in [0.1, 0.15) is 70.2 Å². The molecule has 1 unspecified atom stereocenters. The van der Waals surface area contributed by atoms with Crippen molar-refractivity contribution in [3.8, 4) is 0 Å². The summed E-state index contributed by atoms with van der Waals surface area (Å²) in [7, 11) is 0. The molecular weight excluding hydrogens is 368 g/mol. The Labute approximate surface area is 181 Å². The molecule has 0 bridgehead atoms. The number of fused-ring (bicyclic) bond motifs is 1. The SMILES string of the molecule is C=C(Cc1nnc(C)c2ccccc12)CC(C)C(=O)CCC1CCC(C(=C)C)CC1. The zero-order valence-corrected chi connectivity index (χ0v) is 18.9. The number of hydrogen-bond acceptors (Lipinski definition) is 3. The highest BCUT2D eigenvalue weighted by atomic mass is 16.1. The second kappa shape index (κ2) is 10.1. The quantitative estimate of drug-likeness (QED) is 0.432. The molecule has 1 aromatic carbocycles. The Kier molecular flexibility index (Phi) is 7.58. The Morgan fingerprint density at radius 2 is 1.77 bits per heavy atom. The van der Waals surface area contributed by atoms with Crippen molar-refractivity contribution in [2.45, 2.75) is 72.1 Å². The molecule has 3 nitrogen and oxygen atoms in total. The number of benzene rings is 1. The van der Waals surface area contributed by atoms with E-state index in [1.807, 2.05) is 26.0 Å². The van der Waals surface area contributed by atoms with Gasteiger partial charge in [-0.15, -0.1) is 0 Å². The second-order valence-corrected chi connectivity index (χ2v) is 9.38. The van der Waals surface area contributed by atoms with Crippen molar-refractivity contribution < 1.29 is 4.79 Å². The van der Waals surface area contributed by atoms with Crippen molar-refractivity contribution in [2.24, 2.45) is 17.8 Å². The molecule has 1 saturated carbocycles. The number of rotatable bonds is 9. The first kappa shape index (κ1) is 22.4. The molecule has 3 heteroatoms. The Hall–Kier alpha value is -2.29. The molecule has 160 valence electrons. The van der Waals surface area contributed by atoms with Gasteiger partial charge in [-0.1, -0.05) is 55.5 Å². The van der Waals surface area contributed by atoms with Crippen LogP contribution in [0.2, 0.25) is 0 Å². The molecular formula is C27H36N2O. The third-order valence-electron chi connectivity index (χ3n) is 6.85. The van der Waals surface area contributed by atoms with E-state index in [4.69, 9.17) is 0 Å². The summed E-state index contributed by atoms with van der Waals surface area (Å²) in [5.41, 5.74) is 4.28. The molecule has 0 amide bonds. The lowest BCUT2D eigenvalue weighted by molar-refractivity contribution is -0.122. The van der Waals surface area contributed by atoms with E-state index in [-0.39, 0.29) is 5.92 Å². The third kappa shape index (κ3) is 5.65. The molecule has 0 spiro atoms. The van der Waals surface area contributed by atoms with Crippen LogP contribution in [0.4, 0.5) is 0 Å². The number of allylic oxidation sites excluding steroid dienone is 2. The summed E-state index contributed by atoms with van der Waals surface area (Å²) >= 11 is 0. The molecule has 30 heavy (non-hydrogen) atoms. The van der Waals surface area contributed by atoms with E-state index in [1.54, 1.807) is 0 Å². The first-order valence-corrected chi connectivity index (χ1v) is 11.4. The van der Waals surface area contributed by atoms with E-state index >= 15 is 0 Å². The van der Waals surface area contributed by atoms with Gasteiger partial charge in [-0.3, -0.25) is 4.79 Å². The first-order chi connectivity index (χ1) is 14.3. The van der Waals surface area contributed by atoms with Gasteiger partial charge in [0.25, 0.3) is 0 Å².